The van der Waals surface area contributed by atoms with E-state index in [2.05, 4.69) is 29.6 Å². The fourth-order valence-corrected chi connectivity index (χ4v) is 5.46. The van der Waals surface area contributed by atoms with Gasteiger partial charge in [-0.1, -0.05) is 30.3 Å². The highest BCUT2D eigenvalue weighted by Crippen LogP contribution is 2.42. The maximum absolute atomic E-state index is 13.1. The number of thiazole rings is 1. The molecule has 0 saturated carbocycles. The molecule has 28 heavy (non-hydrogen) atoms. The van der Waals surface area contributed by atoms with Gasteiger partial charge in [0.2, 0.25) is 11.8 Å². The van der Waals surface area contributed by atoms with Gasteiger partial charge in [-0.15, -0.1) is 11.3 Å². The first kappa shape index (κ1) is 19.1. The molecule has 1 unspecified atom stereocenters. The Kier molecular flexibility index (Phi) is 5.23. The van der Waals surface area contributed by atoms with Gasteiger partial charge in [0.05, 0.1) is 10.7 Å². The van der Waals surface area contributed by atoms with Crippen LogP contribution in [0.5, 0.6) is 0 Å². The summed E-state index contributed by atoms with van der Waals surface area (Å²) in [4.78, 5) is 33.5. The molecule has 1 atom stereocenters. The van der Waals surface area contributed by atoms with Crippen LogP contribution in [-0.2, 0) is 15.0 Å². The smallest absolute Gasteiger partial charge is 0.245 e. The van der Waals surface area contributed by atoms with Crippen LogP contribution in [0.25, 0.3) is 0 Å². The van der Waals surface area contributed by atoms with Gasteiger partial charge in [-0.25, -0.2) is 4.98 Å². The molecule has 0 spiro atoms. The molecule has 4 rings (SSSR count). The van der Waals surface area contributed by atoms with Gasteiger partial charge in [-0.05, 0) is 38.2 Å². The van der Waals surface area contributed by atoms with Crippen molar-refractivity contribution in [2.24, 2.45) is 0 Å². The second-order valence-corrected chi connectivity index (χ2v) is 8.96. The number of piperidine rings is 1. The van der Waals surface area contributed by atoms with Crippen molar-refractivity contribution in [3.8, 4) is 0 Å². The third kappa shape index (κ3) is 3.34. The van der Waals surface area contributed by atoms with Crippen LogP contribution in [0, 0.1) is 6.92 Å². The molecule has 0 radical (unpaired) electrons. The first-order valence-corrected chi connectivity index (χ1v) is 10.9. The Morgan fingerprint density at radius 2 is 1.86 bits per heavy atom. The van der Waals surface area contributed by atoms with Crippen molar-refractivity contribution in [1.82, 2.24) is 14.8 Å². The molecule has 0 N–H and O–H groups in total. The van der Waals surface area contributed by atoms with Crippen LogP contribution in [0.15, 0.2) is 35.7 Å². The topological polar surface area (TPSA) is 53.5 Å². The zero-order valence-corrected chi connectivity index (χ0v) is 17.4. The molecule has 6 heteroatoms. The van der Waals surface area contributed by atoms with Gasteiger partial charge in [-0.2, -0.15) is 0 Å². The molecule has 5 nitrogen and oxygen atoms in total. The first-order valence-electron chi connectivity index (χ1n) is 10.1. The lowest BCUT2D eigenvalue weighted by Crippen LogP contribution is -2.52. The number of carbonyl (C=O) groups excluding carboxylic acids is 2. The molecular formula is C22H27N3O2S. The van der Waals surface area contributed by atoms with E-state index in [-0.39, 0.29) is 23.3 Å². The van der Waals surface area contributed by atoms with Crippen molar-refractivity contribution in [1.29, 1.82) is 0 Å². The molecule has 148 valence electrons. The Hall–Kier alpha value is -2.21. The van der Waals surface area contributed by atoms with E-state index in [4.69, 9.17) is 4.98 Å². The number of likely N-dealkylation sites (tertiary alicyclic amines) is 2. The van der Waals surface area contributed by atoms with Crippen molar-refractivity contribution >= 4 is 23.2 Å². The number of hydrogen-bond donors (Lipinski definition) is 0. The molecule has 1 aromatic carbocycles. The average Bonchev–Trinajstić information content (AvgIpc) is 3.38. The Morgan fingerprint density at radius 1 is 1.14 bits per heavy atom. The van der Waals surface area contributed by atoms with Crippen LogP contribution in [0.3, 0.4) is 0 Å². The zero-order chi connectivity index (χ0) is 19.7. The minimum absolute atomic E-state index is 0.00411. The predicted molar refractivity (Wildman–Crippen MR) is 110 cm³/mol. The molecule has 2 aliphatic heterocycles. The van der Waals surface area contributed by atoms with Crippen LogP contribution in [0.4, 0.5) is 0 Å². The largest absolute Gasteiger partial charge is 0.341 e. The quantitative estimate of drug-likeness (QED) is 0.798. The minimum atomic E-state index is -0.275. The van der Waals surface area contributed by atoms with E-state index in [9.17, 15) is 9.59 Å². The van der Waals surface area contributed by atoms with E-state index in [0.29, 0.717) is 19.6 Å². The Labute approximate surface area is 170 Å². The number of rotatable bonds is 3. The van der Waals surface area contributed by atoms with Crippen LogP contribution >= 0.6 is 11.3 Å². The van der Waals surface area contributed by atoms with Gasteiger partial charge in [0.15, 0.2) is 0 Å². The first-order chi connectivity index (χ1) is 13.5. The summed E-state index contributed by atoms with van der Waals surface area (Å²) in [5.74, 6) is 0.119. The third-order valence-electron chi connectivity index (χ3n) is 6.31. The molecular weight excluding hydrogens is 370 g/mol. The maximum atomic E-state index is 13.1. The summed E-state index contributed by atoms with van der Waals surface area (Å²) in [6, 6.07) is 10.3. The predicted octanol–water partition coefficient (Wildman–Crippen LogP) is 3.37. The van der Waals surface area contributed by atoms with E-state index >= 15 is 0 Å². The van der Waals surface area contributed by atoms with Gasteiger partial charge in [0, 0.05) is 37.4 Å². The molecule has 2 aliphatic rings. The van der Waals surface area contributed by atoms with Crippen LogP contribution in [-0.4, -0.2) is 52.3 Å². The lowest BCUT2D eigenvalue weighted by molar-refractivity contribution is -0.143. The third-order valence-corrected chi connectivity index (χ3v) is 7.08. The number of aromatic nitrogens is 1. The highest BCUT2D eigenvalue weighted by Gasteiger charge is 2.43. The summed E-state index contributed by atoms with van der Waals surface area (Å²) >= 11 is 1.69. The Bertz CT molecular complexity index is 856. The SMILES string of the molecule is CC(=O)N1CCCC1C(=O)N1CCC(c2ccccc2)(c2csc(C)n2)CC1. The average molecular weight is 398 g/mol. The van der Waals surface area contributed by atoms with Gasteiger partial charge >= 0.3 is 0 Å². The summed E-state index contributed by atoms with van der Waals surface area (Å²) in [7, 11) is 0. The normalized spacial score (nSPS) is 21.7. The molecule has 1 aromatic heterocycles. The van der Waals surface area contributed by atoms with Crippen molar-refractivity contribution in [2.75, 3.05) is 19.6 Å². The molecule has 0 bridgehead atoms. The summed E-state index contributed by atoms with van der Waals surface area (Å²) < 4.78 is 0. The van der Waals surface area contributed by atoms with E-state index in [1.165, 1.54) is 5.56 Å². The van der Waals surface area contributed by atoms with E-state index < -0.39 is 0 Å². The molecule has 0 aliphatic carbocycles. The van der Waals surface area contributed by atoms with Crippen LogP contribution < -0.4 is 0 Å². The van der Waals surface area contributed by atoms with Gasteiger partial charge in [-0.3, -0.25) is 9.59 Å². The molecule has 2 saturated heterocycles. The molecule has 3 heterocycles. The summed E-state index contributed by atoms with van der Waals surface area (Å²) in [6.45, 7) is 5.71. The van der Waals surface area contributed by atoms with E-state index in [1.807, 2.05) is 17.9 Å². The standard InChI is InChI=1S/C22H27N3O2S/c1-16-23-20(15-28-16)22(18-7-4-3-5-8-18)10-13-24(14-11-22)21(27)19-9-6-12-25(19)17(2)26/h3-5,7-8,15,19H,6,9-14H2,1-2H3. The molecule has 2 aromatic rings. The lowest BCUT2D eigenvalue weighted by atomic mass is 9.70. The van der Waals surface area contributed by atoms with Gasteiger partial charge < -0.3 is 9.80 Å². The van der Waals surface area contributed by atoms with Crippen molar-refractivity contribution < 1.29 is 9.59 Å². The highest BCUT2D eigenvalue weighted by atomic mass is 32.1. The second-order valence-electron chi connectivity index (χ2n) is 7.90. The minimum Gasteiger partial charge on any atom is -0.341 e. The van der Waals surface area contributed by atoms with Crippen molar-refractivity contribution in [3.05, 3.63) is 52.0 Å². The maximum Gasteiger partial charge on any atom is 0.245 e. The van der Waals surface area contributed by atoms with E-state index in [1.54, 1.807) is 23.2 Å². The number of aryl methyl sites for hydroxylation is 1. The second kappa shape index (κ2) is 7.66. The number of nitrogens with zero attached hydrogens (tertiary/aromatic N) is 3. The Balaban J connectivity index is 1.56. The number of hydrogen-bond acceptors (Lipinski definition) is 4. The summed E-state index contributed by atoms with van der Waals surface area (Å²) in [5, 5.41) is 3.25. The molecule has 2 fully saturated rings. The van der Waals surface area contributed by atoms with Gasteiger partial charge in [0.1, 0.15) is 6.04 Å². The van der Waals surface area contributed by atoms with Crippen molar-refractivity contribution in [2.45, 2.75) is 51.0 Å². The number of amides is 2. The monoisotopic (exact) mass is 397 g/mol. The highest BCUT2D eigenvalue weighted by molar-refractivity contribution is 7.09. The fourth-order valence-electron chi connectivity index (χ4n) is 4.75. The van der Waals surface area contributed by atoms with Crippen LogP contribution in [0.2, 0.25) is 0 Å². The summed E-state index contributed by atoms with van der Waals surface area (Å²) in [5.41, 5.74) is 2.26. The van der Waals surface area contributed by atoms with Gasteiger partial charge in [0.25, 0.3) is 0 Å². The number of carbonyl (C=O) groups is 2. The van der Waals surface area contributed by atoms with E-state index in [0.717, 1.165) is 36.4 Å². The summed E-state index contributed by atoms with van der Waals surface area (Å²) in [6.07, 6.45) is 3.41. The Morgan fingerprint density at radius 3 is 2.46 bits per heavy atom. The molecule has 2 amide bonds. The lowest BCUT2D eigenvalue weighted by Gasteiger charge is -2.42. The zero-order valence-electron chi connectivity index (χ0n) is 16.6. The number of benzene rings is 1. The van der Waals surface area contributed by atoms with Crippen LogP contribution in [0.1, 0.15) is 48.9 Å². The van der Waals surface area contributed by atoms with Crippen molar-refractivity contribution in [3.63, 3.8) is 0 Å². The fraction of sp³-hybridized carbons (Fsp3) is 0.500.